The van der Waals surface area contributed by atoms with Crippen LogP contribution < -0.4 is 21.6 Å². The number of pyridine rings is 1. The highest BCUT2D eigenvalue weighted by Gasteiger charge is 2.32. The largest absolute Gasteiger partial charge is 0.377 e. The standard InChI is InChI=1S/C33H29N9/c1-2-29(22-8-4-3-5-9-22)39-32-25(18-36)19-37-31-24(17-35)14-26(15-28(31)32)38-33(23-10-6-7-21(13-23)16-34)30-20-42(41-40-30)27-11-12-27/h3-10,13-15,19-20,27,29,33,38,40-41H,2,11-12H2,1H3,(H,37,39)/t29-,33?/m1/s1. The molecule has 206 valence electrons. The number of hydrogen-bond acceptors (Lipinski definition) is 9. The number of nitriles is 3. The Morgan fingerprint density at radius 2 is 1.71 bits per heavy atom. The Bertz CT molecular complexity index is 1790. The van der Waals surface area contributed by atoms with Crippen LogP contribution in [0, 0.1) is 34.0 Å². The predicted molar refractivity (Wildman–Crippen MR) is 161 cm³/mol. The molecule has 1 unspecified atom stereocenters. The van der Waals surface area contributed by atoms with Crippen LogP contribution in [0.5, 0.6) is 0 Å². The van der Waals surface area contributed by atoms with E-state index in [1.807, 2.05) is 42.5 Å². The summed E-state index contributed by atoms with van der Waals surface area (Å²) in [4.78, 5) is 4.51. The molecule has 9 nitrogen and oxygen atoms in total. The molecule has 4 N–H and O–H groups in total. The summed E-state index contributed by atoms with van der Waals surface area (Å²) in [6, 6.07) is 28.2. The first-order valence-corrected chi connectivity index (χ1v) is 14.0. The van der Waals surface area contributed by atoms with Gasteiger partial charge in [-0.1, -0.05) is 49.4 Å². The monoisotopic (exact) mass is 551 g/mol. The molecule has 1 aliphatic heterocycles. The summed E-state index contributed by atoms with van der Waals surface area (Å²) >= 11 is 0. The SMILES string of the molecule is CC[C@@H](Nc1c(C#N)cnc2c(C#N)cc(NC(C3=CN(C4CC4)NN3)c3cccc(C#N)c3)cc12)c1ccccc1. The minimum absolute atomic E-state index is 0.0418. The molecule has 0 spiro atoms. The summed E-state index contributed by atoms with van der Waals surface area (Å²) < 4.78 is 0. The highest BCUT2D eigenvalue weighted by Crippen LogP contribution is 2.36. The smallest absolute Gasteiger partial charge is 0.103 e. The molecule has 2 atom stereocenters. The number of aromatic nitrogens is 1. The second-order valence-corrected chi connectivity index (χ2v) is 10.5. The van der Waals surface area contributed by atoms with Gasteiger partial charge in [-0.25, -0.2) is 0 Å². The van der Waals surface area contributed by atoms with Gasteiger partial charge in [0.2, 0.25) is 0 Å². The van der Waals surface area contributed by atoms with Crippen LogP contribution >= 0.6 is 0 Å². The van der Waals surface area contributed by atoms with Crippen LogP contribution in [0.25, 0.3) is 10.9 Å². The fourth-order valence-electron chi connectivity index (χ4n) is 5.33. The van der Waals surface area contributed by atoms with E-state index in [4.69, 9.17) is 0 Å². The molecule has 4 aromatic rings. The topological polar surface area (TPSA) is 136 Å². The quantitative estimate of drug-likeness (QED) is 0.201. The lowest BCUT2D eigenvalue weighted by atomic mass is 9.99. The van der Waals surface area contributed by atoms with Crippen molar-refractivity contribution in [1.29, 1.82) is 15.8 Å². The highest BCUT2D eigenvalue weighted by atomic mass is 15.7. The van der Waals surface area contributed by atoms with Crippen molar-refractivity contribution in [2.75, 3.05) is 10.6 Å². The first-order valence-electron chi connectivity index (χ1n) is 14.0. The molecule has 9 heteroatoms. The third-order valence-corrected chi connectivity index (χ3v) is 7.66. The molecule has 1 aromatic heterocycles. The number of rotatable bonds is 9. The third-order valence-electron chi connectivity index (χ3n) is 7.66. The zero-order chi connectivity index (χ0) is 29.1. The van der Waals surface area contributed by atoms with Crippen LogP contribution in [-0.2, 0) is 0 Å². The van der Waals surface area contributed by atoms with Crippen LogP contribution in [0.15, 0.2) is 84.8 Å². The number of nitrogens with one attached hydrogen (secondary N) is 4. The van der Waals surface area contributed by atoms with E-state index in [1.54, 1.807) is 12.1 Å². The third kappa shape index (κ3) is 5.28. The van der Waals surface area contributed by atoms with Crippen LogP contribution in [0.1, 0.15) is 66.1 Å². The molecule has 0 amide bonds. The van der Waals surface area contributed by atoms with Crippen LogP contribution in [0.4, 0.5) is 11.4 Å². The van der Waals surface area contributed by atoms with Gasteiger partial charge >= 0.3 is 0 Å². The number of nitrogens with zero attached hydrogens (tertiary/aromatic N) is 5. The van der Waals surface area contributed by atoms with Crippen LogP contribution in [-0.4, -0.2) is 16.0 Å². The van der Waals surface area contributed by atoms with Crippen molar-refractivity contribution < 1.29 is 0 Å². The molecule has 0 saturated heterocycles. The second-order valence-electron chi connectivity index (χ2n) is 10.5. The van der Waals surface area contributed by atoms with E-state index >= 15 is 0 Å². The molecule has 2 aliphatic rings. The number of benzene rings is 3. The van der Waals surface area contributed by atoms with Gasteiger partial charge in [0.1, 0.15) is 12.1 Å². The van der Waals surface area contributed by atoms with Gasteiger partial charge in [-0.15, -0.1) is 5.53 Å². The van der Waals surface area contributed by atoms with Gasteiger partial charge < -0.3 is 16.1 Å². The van der Waals surface area contributed by atoms with Crippen molar-refractivity contribution in [2.24, 2.45) is 0 Å². The summed E-state index contributed by atoms with van der Waals surface area (Å²) in [5.74, 6) is 0. The summed E-state index contributed by atoms with van der Waals surface area (Å²) in [6.07, 6.45) is 6.63. The van der Waals surface area contributed by atoms with Gasteiger partial charge in [-0.3, -0.25) is 9.99 Å². The molecule has 0 radical (unpaired) electrons. The van der Waals surface area contributed by atoms with Gasteiger partial charge in [0.25, 0.3) is 0 Å². The van der Waals surface area contributed by atoms with E-state index in [2.05, 4.69) is 75.1 Å². The number of hydrazine groups is 2. The minimum atomic E-state index is -0.352. The average Bonchev–Trinajstić information content (AvgIpc) is 3.78. The Morgan fingerprint density at radius 3 is 2.43 bits per heavy atom. The van der Waals surface area contributed by atoms with Crippen molar-refractivity contribution in [3.8, 4) is 18.2 Å². The van der Waals surface area contributed by atoms with Crippen molar-refractivity contribution in [2.45, 2.75) is 44.3 Å². The van der Waals surface area contributed by atoms with E-state index < -0.39 is 0 Å². The zero-order valence-electron chi connectivity index (χ0n) is 23.1. The lowest BCUT2D eigenvalue weighted by molar-refractivity contribution is 0.260. The molecule has 1 saturated carbocycles. The first-order chi connectivity index (χ1) is 20.6. The first kappa shape index (κ1) is 26.7. The van der Waals surface area contributed by atoms with E-state index in [0.29, 0.717) is 45.0 Å². The number of hydrogen-bond donors (Lipinski definition) is 4. The molecular formula is C33H29N9. The van der Waals surface area contributed by atoms with Gasteiger partial charge in [0, 0.05) is 29.5 Å². The average molecular weight is 552 g/mol. The number of anilines is 2. The predicted octanol–water partition coefficient (Wildman–Crippen LogP) is 5.89. The molecule has 0 bridgehead atoms. The van der Waals surface area contributed by atoms with Crippen LogP contribution in [0.2, 0.25) is 0 Å². The summed E-state index contributed by atoms with van der Waals surface area (Å²) in [5, 5.41) is 39.7. The molecule has 42 heavy (non-hydrogen) atoms. The van der Waals surface area contributed by atoms with Gasteiger partial charge in [0.05, 0.1) is 51.7 Å². The van der Waals surface area contributed by atoms with E-state index in [9.17, 15) is 15.8 Å². The fourth-order valence-corrected chi connectivity index (χ4v) is 5.33. The lowest BCUT2D eigenvalue weighted by Crippen LogP contribution is -2.38. The van der Waals surface area contributed by atoms with Crippen molar-refractivity contribution in [1.82, 2.24) is 21.0 Å². The molecule has 3 aromatic carbocycles. The summed E-state index contributed by atoms with van der Waals surface area (Å²) in [6.45, 7) is 2.09. The van der Waals surface area contributed by atoms with E-state index in [1.165, 1.54) is 6.20 Å². The van der Waals surface area contributed by atoms with Gasteiger partial charge in [-0.05, 0) is 54.7 Å². The lowest BCUT2D eigenvalue weighted by Gasteiger charge is -2.24. The highest BCUT2D eigenvalue weighted by molar-refractivity contribution is 5.99. The Morgan fingerprint density at radius 1 is 0.929 bits per heavy atom. The van der Waals surface area contributed by atoms with E-state index in [-0.39, 0.29) is 12.1 Å². The van der Waals surface area contributed by atoms with Crippen LogP contribution in [0.3, 0.4) is 0 Å². The van der Waals surface area contributed by atoms with Crippen molar-refractivity contribution in [3.05, 3.63) is 113 Å². The van der Waals surface area contributed by atoms with Gasteiger partial charge in [-0.2, -0.15) is 15.8 Å². The Kier molecular flexibility index (Phi) is 7.30. The Balaban J connectivity index is 1.45. The summed E-state index contributed by atoms with van der Waals surface area (Å²) in [7, 11) is 0. The molecule has 6 rings (SSSR count). The maximum atomic E-state index is 10.1. The second kappa shape index (κ2) is 11.5. The van der Waals surface area contributed by atoms with Gasteiger partial charge in [0.15, 0.2) is 0 Å². The maximum Gasteiger partial charge on any atom is 0.103 e. The molecule has 2 heterocycles. The minimum Gasteiger partial charge on any atom is -0.377 e. The molecule has 1 fully saturated rings. The molecule has 1 aliphatic carbocycles. The maximum absolute atomic E-state index is 10.1. The molecular weight excluding hydrogens is 522 g/mol. The summed E-state index contributed by atoms with van der Waals surface area (Å²) in [5.41, 5.74) is 12.6. The van der Waals surface area contributed by atoms with Crippen molar-refractivity contribution in [3.63, 3.8) is 0 Å². The van der Waals surface area contributed by atoms with Crippen molar-refractivity contribution >= 4 is 22.3 Å². The van der Waals surface area contributed by atoms with E-state index in [0.717, 1.165) is 36.1 Å². The fraction of sp³-hybridized carbons (Fsp3) is 0.212. The Hall–Kier alpha value is -5.56. The normalized spacial score (nSPS) is 15.5. The number of fused-ring (bicyclic) bond motifs is 1. The zero-order valence-corrected chi connectivity index (χ0v) is 23.1. The Labute approximate surface area is 244 Å².